The van der Waals surface area contributed by atoms with Gasteiger partial charge in [-0.05, 0) is 49.8 Å². The van der Waals surface area contributed by atoms with E-state index in [0.717, 1.165) is 22.7 Å². The number of aryl methyl sites for hydroxylation is 1. The summed E-state index contributed by atoms with van der Waals surface area (Å²) in [5, 5.41) is 0. The molecular formula is C15H18N2O3S. The molecule has 1 aliphatic rings. The summed E-state index contributed by atoms with van der Waals surface area (Å²) in [6.45, 7) is 8.49. The topological polar surface area (TPSA) is 58.6 Å². The highest BCUT2D eigenvalue weighted by Gasteiger charge is 2.14. The molecule has 0 aliphatic carbocycles. The van der Waals surface area contributed by atoms with Crippen molar-refractivity contribution in [3.8, 4) is 5.75 Å². The van der Waals surface area contributed by atoms with E-state index in [2.05, 4.69) is 11.3 Å². The van der Waals surface area contributed by atoms with Crippen molar-refractivity contribution in [3.05, 3.63) is 60.1 Å². The molecule has 1 aromatic carbocycles. The second-order valence-electron chi connectivity index (χ2n) is 4.53. The first-order chi connectivity index (χ1) is 10.0. The third-order valence-electron chi connectivity index (χ3n) is 2.99. The maximum Gasteiger partial charge on any atom is 0.222 e. The molecule has 0 atom stereocenters. The Balaban J connectivity index is 2.33. The molecule has 1 aromatic rings. The zero-order chi connectivity index (χ0) is 15.4. The molecule has 5 nitrogen and oxygen atoms in total. The predicted molar refractivity (Wildman–Crippen MR) is 84.6 cm³/mol. The lowest BCUT2D eigenvalue weighted by Gasteiger charge is -2.26. The molecule has 6 heteroatoms. The van der Waals surface area contributed by atoms with Crippen molar-refractivity contribution in [1.82, 2.24) is 4.72 Å². The number of nitrogens with zero attached hydrogens (tertiary/aromatic N) is 1. The monoisotopic (exact) mass is 306 g/mol. The van der Waals surface area contributed by atoms with Crippen LogP contribution in [0.25, 0.3) is 0 Å². The van der Waals surface area contributed by atoms with Crippen LogP contribution < -0.4 is 14.4 Å². The summed E-state index contributed by atoms with van der Waals surface area (Å²) in [6.07, 6.45) is 5.14. The molecule has 21 heavy (non-hydrogen) atoms. The van der Waals surface area contributed by atoms with Gasteiger partial charge in [0.2, 0.25) is 10.9 Å². The largest absolute Gasteiger partial charge is 0.494 e. The molecule has 0 aromatic heterocycles. The summed E-state index contributed by atoms with van der Waals surface area (Å²) in [7, 11) is -2.69. The number of hydrogen-bond donors (Lipinski definition) is 2. The second-order valence-corrected chi connectivity index (χ2v) is 5.27. The maximum absolute atomic E-state index is 10.8. The zero-order valence-electron chi connectivity index (χ0n) is 12.0. The molecule has 0 bridgehead atoms. The van der Waals surface area contributed by atoms with E-state index in [1.807, 2.05) is 36.9 Å². The fourth-order valence-electron chi connectivity index (χ4n) is 2.08. The van der Waals surface area contributed by atoms with Crippen LogP contribution in [0.1, 0.15) is 12.5 Å². The first-order valence-electron chi connectivity index (χ1n) is 6.54. The minimum absolute atomic E-state index is 0.492. The van der Waals surface area contributed by atoms with Crippen LogP contribution in [0.5, 0.6) is 5.75 Å². The van der Waals surface area contributed by atoms with Crippen molar-refractivity contribution >= 4 is 16.6 Å². The van der Waals surface area contributed by atoms with Crippen molar-refractivity contribution in [2.45, 2.75) is 13.8 Å². The number of allylic oxidation sites excluding steroid dienone is 2. The normalized spacial score (nSPS) is 14.3. The Labute approximate surface area is 126 Å². The van der Waals surface area contributed by atoms with Gasteiger partial charge in [0.25, 0.3) is 0 Å². The number of anilines is 1. The lowest BCUT2D eigenvalue weighted by atomic mass is 10.1. The summed E-state index contributed by atoms with van der Waals surface area (Å²) >= 11 is 0. The van der Waals surface area contributed by atoms with Crippen molar-refractivity contribution < 1.29 is 13.2 Å². The average Bonchev–Trinajstić information content (AvgIpc) is 2.41. The molecule has 0 saturated carbocycles. The van der Waals surface area contributed by atoms with Crippen LogP contribution in [0.2, 0.25) is 0 Å². The van der Waals surface area contributed by atoms with Crippen LogP contribution in [-0.4, -0.2) is 15.0 Å². The van der Waals surface area contributed by atoms with Gasteiger partial charge in [0.05, 0.1) is 12.3 Å². The van der Waals surface area contributed by atoms with Crippen molar-refractivity contribution in [1.29, 1.82) is 0 Å². The van der Waals surface area contributed by atoms with Gasteiger partial charge >= 0.3 is 0 Å². The Morgan fingerprint density at radius 2 is 2.10 bits per heavy atom. The van der Waals surface area contributed by atoms with E-state index >= 15 is 0 Å². The number of nitrogens with one attached hydrogen (secondary N) is 1. The molecule has 2 rings (SSSR count). The summed E-state index contributed by atoms with van der Waals surface area (Å²) in [4.78, 5) is 1.84. The van der Waals surface area contributed by atoms with Gasteiger partial charge < -0.3 is 9.64 Å². The van der Waals surface area contributed by atoms with Crippen molar-refractivity contribution in [2.75, 3.05) is 11.5 Å². The standard InChI is InChI=1S/C15H18N2O3S/c1-4-20-14-7-8-15(11(2)9-14)17-10-13(16-21(18)19)6-5-12(17)3/h5-10,21H,3-4H2,1-2H3,(H,16,18,19). The number of benzene rings is 1. The van der Waals surface area contributed by atoms with Gasteiger partial charge in [-0.3, -0.25) is 4.72 Å². The highest BCUT2D eigenvalue weighted by atomic mass is 32.2. The number of rotatable bonds is 5. The van der Waals surface area contributed by atoms with E-state index in [9.17, 15) is 8.42 Å². The molecule has 0 radical (unpaired) electrons. The van der Waals surface area contributed by atoms with Gasteiger partial charge in [-0.1, -0.05) is 6.58 Å². The van der Waals surface area contributed by atoms with Crippen molar-refractivity contribution in [2.24, 2.45) is 0 Å². The lowest BCUT2D eigenvalue weighted by Crippen LogP contribution is -2.22. The minimum Gasteiger partial charge on any atom is -0.494 e. The molecule has 1 heterocycles. The van der Waals surface area contributed by atoms with Crippen LogP contribution >= 0.6 is 0 Å². The third-order valence-corrected chi connectivity index (χ3v) is 3.43. The van der Waals surface area contributed by atoms with E-state index in [-0.39, 0.29) is 0 Å². The van der Waals surface area contributed by atoms with Gasteiger partial charge in [0.15, 0.2) is 0 Å². The highest BCUT2D eigenvalue weighted by molar-refractivity contribution is 7.70. The first kappa shape index (κ1) is 15.2. The third kappa shape index (κ3) is 3.66. The minimum atomic E-state index is -2.69. The van der Waals surface area contributed by atoms with Gasteiger partial charge in [0.1, 0.15) is 5.75 Å². The van der Waals surface area contributed by atoms with E-state index in [0.29, 0.717) is 12.3 Å². The maximum atomic E-state index is 10.8. The fourth-order valence-corrected chi connectivity index (χ4v) is 2.42. The Morgan fingerprint density at radius 1 is 1.33 bits per heavy atom. The fraction of sp³-hybridized carbons (Fsp3) is 0.200. The van der Waals surface area contributed by atoms with E-state index in [1.165, 1.54) is 0 Å². The summed E-state index contributed by atoms with van der Waals surface area (Å²) in [6, 6.07) is 5.75. The van der Waals surface area contributed by atoms with E-state index in [4.69, 9.17) is 4.74 Å². The smallest absolute Gasteiger partial charge is 0.222 e. The summed E-state index contributed by atoms with van der Waals surface area (Å²) in [5.41, 5.74) is 3.19. The number of ether oxygens (including phenoxy) is 1. The molecule has 0 amide bonds. The molecule has 1 aliphatic heterocycles. The molecule has 0 unspecified atom stereocenters. The average molecular weight is 306 g/mol. The van der Waals surface area contributed by atoms with Crippen LogP contribution in [0.15, 0.2) is 54.5 Å². The van der Waals surface area contributed by atoms with E-state index in [1.54, 1.807) is 18.4 Å². The number of hydrogen-bond acceptors (Lipinski definition) is 4. The molecule has 1 N–H and O–H groups in total. The molecule has 112 valence electrons. The zero-order valence-corrected chi connectivity index (χ0v) is 12.9. The molecule has 0 saturated heterocycles. The van der Waals surface area contributed by atoms with Gasteiger partial charge in [0, 0.05) is 17.6 Å². The quantitative estimate of drug-likeness (QED) is 0.819. The van der Waals surface area contributed by atoms with E-state index < -0.39 is 10.9 Å². The molecule has 0 fully saturated rings. The van der Waals surface area contributed by atoms with Crippen LogP contribution in [-0.2, 0) is 10.9 Å². The SMILES string of the molecule is C=C1C=CC(N[SH](=O)=O)=CN1c1ccc(OCC)cc1C. The van der Waals surface area contributed by atoms with Crippen LogP contribution in [0, 0.1) is 6.92 Å². The van der Waals surface area contributed by atoms with Crippen LogP contribution in [0.3, 0.4) is 0 Å². The highest BCUT2D eigenvalue weighted by Crippen LogP contribution is 2.29. The second kappa shape index (κ2) is 6.49. The number of thiol groups is 1. The summed E-state index contributed by atoms with van der Waals surface area (Å²) < 4.78 is 29.4. The Morgan fingerprint density at radius 3 is 2.71 bits per heavy atom. The Kier molecular flexibility index (Phi) is 4.70. The first-order valence-corrected chi connectivity index (χ1v) is 7.71. The van der Waals surface area contributed by atoms with Gasteiger partial charge in [-0.25, -0.2) is 8.42 Å². The lowest BCUT2D eigenvalue weighted by molar-refractivity contribution is 0.340. The van der Waals surface area contributed by atoms with Crippen LogP contribution in [0.4, 0.5) is 5.69 Å². The Bertz CT molecular complexity index is 682. The van der Waals surface area contributed by atoms with Gasteiger partial charge in [-0.2, -0.15) is 0 Å². The molecular weight excluding hydrogens is 288 g/mol. The van der Waals surface area contributed by atoms with Crippen molar-refractivity contribution in [3.63, 3.8) is 0 Å². The molecule has 0 spiro atoms. The summed E-state index contributed by atoms with van der Waals surface area (Å²) in [5.74, 6) is 0.807. The van der Waals surface area contributed by atoms with Gasteiger partial charge in [-0.15, -0.1) is 0 Å². The predicted octanol–water partition coefficient (Wildman–Crippen LogP) is 2.24. The Hall–Kier alpha value is -2.21.